The number of likely N-dealkylation sites (tertiary alicyclic amines) is 1. The molecule has 5 rings (SSSR count). The van der Waals surface area contributed by atoms with Gasteiger partial charge >= 0.3 is 6.09 Å². The summed E-state index contributed by atoms with van der Waals surface area (Å²) >= 11 is 6.16. The number of carbonyl (C=O) groups is 1. The van der Waals surface area contributed by atoms with Crippen LogP contribution in [0.15, 0.2) is 24.5 Å². The maximum atomic E-state index is 15.0. The van der Waals surface area contributed by atoms with E-state index < -0.39 is 5.82 Å². The van der Waals surface area contributed by atoms with Gasteiger partial charge in [0.05, 0.1) is 28.9 Å². The maximum Gasteiger partial charge on any atom is 0.410 e. The minimum absolute atomic E-state index is 0.0670. The lowest BCUT2D eigenvalue weighted by Gasteiger charge is -2.31. The third-order valence-electron chi connectivity index (χ3n) is 6.83. The van der Waals surface area contributed by atoms with E-state index in [0.29, 0.717) is 36.9 Å². The minimum Gasteiger partial charge on any atom is -0.475 e. The molecule has 2 aliphatic carbocycles. The number of nitriles is 1. The average Bonchev–Trinajstić information content (AvgIpc) is 3.71. The van der Waals surface area contributed by atoms with Gasteiger partial charge in [-0.15, -0.1) is 0 Å². The summed E-state index contributed by atoms with van der Waals surface area (Å²) < 4.78 is 26.3. The van der Waals surface area contributed by atoms with Gasteiger partial charge in [0, 0.05) is 18.5 Å². The fourth-order valence-electron chi connectivity index (χ4n) is 4.25. The molecule has 1 saturated heterocycles. The van der Waals surface area contributed by atoms with Crippen molar-refractivity contribution >= 4 is 29.2 Å². The van der Waals surface area contributed by atoms with Crippen LogP contribution in [0.4, 0.5) is 20.7 Å². The molecular weight excluding hydrogens is 449 g/mol. The number of amides is 1. The molecule has 10 heteroatoms. The standard InChI is InChI=1S/C23H23ClFN5O3/c1-22(4-5-22)33-21(31)30-7-6-23(9-15(23)11-30)12-32-20-18(25)19(27-13-28-20)29-17-3-2-14(10-26)8-16(17)24/h2-3,8,13,15H,4-7,9,11-12H2,1H3,(H,27,28,29). The molecule has 33 heavy (non-hydrogen) atoms. The highest BCUT2D eigenvalue weighted by Crippen LogP contribution is 2.58. The van der Waals surface area contributed by atoms with E-state index in [1.54, 1.807) is 17.0 Å². The van der Waals surface area contributed by atoms with Gasteiger partial charge in [-0.1, -0.05) is 11.6 Å². The summed E-state index contributed by atoms with van der Waals surface area (Å²) in [6.07, 6.45) is 4.53. The van der Waals surface area contributed by atoms with E-state index in [4.69, 9.17) is 26.3 Å². The number of rotatable bonds is 6. The largest absolute Gasteiger partial charge is 0.475 e. The van der Waals surface area contributed by atoms with E-state index in [2.05, 4.69) is 15.3 Å². The van der Waals surface area contributed by atoms with Crippen molar-refractivity contribution < 1.29 is 18.7 Å². The van der Waals surface area contributed by atoms with Crippen molar-refractivity contribution in [2.75, 3.05) is 25.0 Å². The second-order valence-electron chi connectivity index (χ2n) is 9.34. The first-order valence-corrected chi connectivity index (χ1v) is 11.3. The Morgan fingerprint density at radius 1 is 1.39 bits per heavy atom. The highest BCUT2D eigenvalue weighted by Gasteiger charge is 2.58. The first kappa shape index (κ1) is 21.7. The number of ether oxygens (including phenoxy) is 2. The van der Waals surface area contributed by atoms with Crippen molar-refractivity contribution in [1.29, 1.82) is 5.26 Å². The number of benzene rings is 1. The zero-order valence-corrected chi connectivity index (χ0v) is 18.9. The number of nitrogens with one attached hydrogen (secondary N) is 1. The van der Waals surface area contributed by atoms with Crippen molar-refractivity contribution in [2.24, 2.45) is 11.3 Å². The molecule has 1 aliphatic heterocycles. The Morgan fingerprint density at radius 2 is 2.21 bits per heavy atom. The lowest BCUT2D eigenvalue weighted by atomic mass is 9.96. The number of nitrogens with zero attached hydrogens (tertiary/aromatic N) is 4. The fourth-order valence-corrected chi connectivity index (χ4v) is 4.47. The van der Waals surface area contributed by atoms with Crippen molar-refractivity contribution in [2.45, 2.75) is 38.2 Å². The van der Waals surface area contributed by atoms with E-state index in [1.807, 2.05) is 13.0 Å². The van der Waals surface area contributed by atoms with Gasteiger partial charge in [0.1, 0.15) is 11.9 Å². The quantitative estimate of drug-likeness (QED) is 0.653. The summed E-state index contributed by atoms with van der Waals surface area (Å²) in [7, 11) is 0. The summed E-state index contributed by atoms with van der Waals surface area (Å²) in [5.41, 5.74) is 0.467. The Bertz CT molecular complexity index is 1150. The van der Waals surface area contributed by atoms with E-state index >= 15 is 0 Å². The Balaban J connectivity index is 1.19. The molecule has 8 nitrogen and oxygen atoms in total. The third kappa shape index (κ3) is 4.40. The van der Waals surface area contributed by atoms with Crippen LogP contribution in [0.5, 0.6) is 5.88 Å². The molecule has 2 atom stereocenters. The summed E-state index contributed by atoms with van der Waals surface area (Å²) in [5, 5.41) is 12.1. The summed E-state index contributed by atoms with van der Waals surface area (Å²) in [6, 6.07) is 6.64. The molecule has 1 amide bonds. The molecular formula is C23H23ClFN5O3. The van der Waals surface area contributed by atoms with Crippen LogP contribution in [-0.2, 0) is 4.74 Å². The molecule has 0 bridgehead atoms. The Morgan fingerprint density at radius 3 is 2.91 bits per heavy atom. The second kappa shape index (κ2) is 8.03. The number of hydrogen-bond acceptors (Lipinski definition) is 7. The van der Waals surface area contributed by atoms with Crippen LogP contribution in [-0.4, -0.2) is 46.3 Å². The van der Waals surface area contributed by atoms with Crippen LogP contribution < -0.4 is 10.1 Å². The molecule has 1 aromatic heterocycles. The van der Waals surface area contributed by atoms with Gasteiger partial charge in [0.25, 0.3) is 5.88 Å². The van der Waals surface area contributed by atoms with Gasteiger partial charge in [0.15, 0.2) is 5.82 Å². The molecule has 1 N–H and O–H groups in total. The normalized spacial score (nSPS) is 24.3. The van der Waals surface area contributed by atoms with Crippen LogP contribution in [0.25, 0.3) is 0 Å². The van der Waals surface area contributed by atoms with Crippen LogP contribution in [0, 0.1) is 28.5 Å². The van der Waals surface area contributed by atoms with Gasteiger partial charge in [0.2, 0.25) is 5.82 Å². The molecule has 2 saturated carbocycles. The number of carbonyl (C=O) groups excluding carboxylic acids is 1. The fraction of sp³-hybridized carbons (Fsp3) is 0.478. The van der Waals surface area contributed by atoms with Crippen molar-refractivity contribution in [3.63, 3.8) is 0 Å². The van der Waals surface area contributed by atoms with E-state index in [1.165, 1.54) is 12.4 Å². The van der Waals surface area contributed by atoms with E-state index in [-0.39, 0.29) is 33.8 Å². The first-order valence-electron chi connectivity index (χ1n) is 10.9. The Hall–Kier alpha value is -3.12. The highest BCUT2D eigenvalue weighted by atomic mass is 35.5. The second-order valence-corrected chi connectivity index (χ2v) is 9.75. The summed E-state index contributed by atoms with van der Waals surface area (Å²) in [4.78, 5) is 22.0. The highest BCUT2D eigenvalue weighted by molar-refractivity contribution is 6.33. The topological polar surface area (TPSA) is 100 Å². The van der Waals surface area contributed by atoms with Crippen LogP contribution >= 0.6 is 11.6 Å². The number of halogens is 2. The number of piperidine rings is 1. The van der Waals surface area contributed by atoms with Gasteiger partial charge in [-0.3, -0.25) is 0 Å². The van der Waals surface area contributed by atoms with Crippen LogP contribution in [0.1, 0.15) is 38.2 Å². The number of hydrogen-bond donors (Lipinski definition) is 1. The third-order valence-corrected chi connectivity index (χ3v) is 7.14. The number of aromatic nitrogens is 2. The zero-order chi connectivity index (χ0) is 23.2. The molecule has 2 heterocycles. The Labute approximate surface area is 195 Å². The molecule has 2 aromatic rings. The summed E-state index contributed by atoms with van der Waals surface area (Å²) in [6.45, 7) is 3.52. The molecule has 3 fully saturated rings. The molecule has 2 unspecified atom stereocenters. The van der Waals surface area contributed by atoms with Gasteiger partial charge < -0.3 is 19.7 Å². The average molecular weight is 472 g/mol. The number of fused-ring (bicyclic) bond motifs is 1. The monoisotopic (exact) mass is 471 g/mol. The number of anilines is 2. The van der Waals surface area contributed by atoms with Crippen LogP contribution in [0.2, 0.25) is 5.02 Å². The lowest BCUT2D eigenvalue weighted by Crippen LogP contribution is -2.42. The van der Waals surface area contributed by atoms with E-state index in [9.17, 15) is 9.18 Å². The molecule has 172 valence electrons. The predicted octanol–water partition coefficient (Wildman–Crippen LogP) is 4.66. The SMILES string of the molecule is CC1(OC(=O)N2CCC3(COc4ncnc(Nc5ccc(C#N)cc5Cl)c4F)CC3C2)CC1. The van der Waals surface area contributed by atoms with Crippen molar-refractivity contribution in [1.82, 2.24) is 14.9 Å². The van der Waals surface area contributed by atoms with E-state index in [0.717, 1.165) is 25.7 Å². The van der Waals surface area contributed by atoms with Gasteiger partial charge in [-0.25, -0.2) is 9.78 Å². The molecule has 0 radical (unpaired) electrons. The smallest absolute Gasteiger partial charge is 0.410 e. The maximum absolute atomic E-state index is 15.0. The first-order chi connectivity index (χ1) is 15.8. The van der Waals surface area contributed by atoms with Crippen molar-refractivity contribution in [3.8, 4) is 11.9 Å². The zero-order valence-electron chi connectivity index (χ0n) is 18.1. The predicted molar refractivity (Wildman–Crippen MR) is 118 cm³/mol. The lowest BCUT2D eigenvalue weighted by molar-refractivity contribution is 0.0438. The van der Waals surface area contributed by atoms with Crippen molar-refractivity contribution in [3.05, 3.63) is 40.9 Å². The molecule has 3 aliphatic rings. The molecule has 1 aromatic carbocycles. The van der Waals surface area contributed by atoms with Gasteiger partial charge in [-0.05, 0) is 56.7 Å². The van der Waals surface area contributed by atoms with Gasteiger partial charge in [-0.2, -0.15) is 14.6 Å². The molecule has 0 spiro atoms. The summed E-state index contributed by atoms with van der Waals surface area (Å²) in [5.74, 6) is -0.612. The minimum atomic E-state index is -0.717. The Kier molecular flexibility index (Phi) is 5.28. The van der Waals surface area contributed by atoms with Crippen LogP contribution in [0.3, 0.4) is 0 Å².